The summed E-state index contributed by atoms with van der Waals surface area (Å²) in [6, 6.07) is 33.9. The maximum absolute atomic E-state index is 13.4. The topological polar surface area (TPSA) is 52.5 Å². The molecule has 1 heterocycles. The van der Waals surface area contributed by atoms with E-state index in [1.54, 1.807) is 6.07 Å². The number of anilines is 1. The number of para-hydroxylation sites is 1. The lowest BCUT2D eigenvalue weighted by Crippen LogP contribution is -2.22. The van der Waals surface area contributed by atoms with Crippen LogP contribution in [0, 0.1) is 0 Å². The highest BCUT2D eigenvalue weighted by molar-refractivity contribution is 6.76. The molecule has 0 saturated carbocycles. The number of benzene rings is 4. The number of aromatic nitrogens is 1. The lowest BCUT2D eigenvalue weighted by molar-refractivity contribution is 0.0913. The number of hydrogen-bond donors (Lipinski definition) is 1. The third kappa shape index (κ3) is 8.06. The molecular formula is C38H43ClN2O3Si. The first-order valence-electron chi connectivity index (χ1n) is 15.8. The summed E-state index contributed by atoms with van der Waals surface area (Å²) in [5.41, 5.74) is 7.93. The molecule has 0 aliphatic heterocycles. The number of rotatable bonds is 12. The third-order valence-corrected chi connectivity index (χ3v) is 10.1. The van der Waals surface area contributed by atoms with Gasteiger partial charge in [0.15, 0.2) is 0 Å². The molecular weight excluding hydrogens is 596 g/mol. The van der Waals surface area contributed by atoms with Crippen LogP contribution in [0.15, 0.2) is 97.1 Å². The van der Waals surface area contributed by atoms with E-state index < -0.39 is 20.3 Å². The number of fused-ring (bicyclic) bond motifs is 1. The maximum Gasteiger partial charge on any atom is 0.412 e. The highest BCUT2D eigenvalue weighted by Crippen LogP contribution is 2.39. The Morgan fingerprint density at radius 3 is 2.16 bits per heavy atom. The van der Waals surface area contributed by atoms with Crippen LogP contribution < -0.4 is 5.32 Å². The van der Waals surface area contributed by atoms with Gasteiger partial charge in [-0.2, -0.15) is 0 Å². The van der Waals surface area contributed by atoms with Gasteiger partial charge in [0.05, 0.1) is 16.9 Å². The monoisotopic (exact) mass is 638 g/mol. The van der Waals surface area contributed by atoms with Gasteiger partial charge in [0.2, 0.25) is 0 Å². The van der Waals surface area contributed by atoms with Gasteiger partial charge in [0.1, 0.15) is 12.8 Å². The van der Waals surface area contributed by atoms with Crippen LogP contribution >= 0.6 is 11.6 Å². The number of halogens is 1. The predicted molar refractivity (Wildman–Crippen MR) is 191 cm³/mol. The number of aryl methyl sites for hydroxylation is 1. The van der Waals surface area contributed by atoms with E-state index in [1.807, 2.05) is 43.3 Å². The number of carbonyl (C=O) groups is 1. The van der Waals surface area contributed by atoms with Crippen molar-refractivity contribution in [3.05, 3.63) is 113 Å². The predicted octanol–water partition coefficient (Wildman–Crippen LogP) is 11.2. The summed E-state index contributed by atoms with van der Waals surface area (Å²) in [6.07, 6.45) is 1.14. The van der Waals surface area contributed by atoms with Gasteiger partial charge in [-0.3, -0.25) is 5.32 Å². The minimum atomic E-state index is -1.26. The van der Waals surface area contributed by atoms with E-state index in [0.29, 0.717) is 24.0 Å². The molecule has 0 bridgehead atoms. The van der Waals surface area contributed by atoms with Crippen LogP contribution in [-0.4, -0.2) is 25.3 Å². The fourth-order valence-electron chi connectivity index (χ4n) is 5.53. The van der Waals surface area contributed by atoms with Crippen LogP contribution in [0.2, 0.25) is 30.7 Å². The number of ether oxygens (including phenoxy) is 2. The Balaban J connectivity index is 1.50. The van der Waals surface area contributed by atoms with Crippen molar-refractivity contribution in [3.63, 3.8) is 0 Å². The zero-order chi connectivity index (χ0) is 32.0. The number of hydrogen-bond acceptors (Lipinski definition) is 3. The number of nitrogens with zero attached hydrogens (tertiary/aromatic N) is 1. The van der Waals surface area contributed by atoms with E-state index >= 15 is 0 Å². The quantitative estimate of drug-likeness (QED) is 0.109. The molecule has 5 aromatic rings. The van der Waals surface area contributed by atoms with E-state index in [4.69, 9.17) is 21.1 Å². The normalized spacial score (nSPS) is 12.3. The van der Waals surface area contributed by atoms with Crippen molar-refractivity contribution in [2.24, 2.45) is 0 Å². The Morgan fingerprint density at radius 2 is 1.49 bits per heavy atom. The van der Waals surface area contributed by atoms with Crippen molar-refractivity contribution < 1.29 is 14.3 Å². The lowest BCUT2D eigenvalue weighted by Gasteiger charge is -2.18. The summed E-state index contributed by atoms with van der Waals surface area (Å²) >= 11 is 6.39. The van der Waals surface area contributed by atoms with E-state index in [9.17, 15) is 4.79 Å². The second-order valence-corrected chi connectivity index (χ2v) is 18.8. The molecule has 0 aliphatic carbocycles. The average Bonchev–Trinajstić information content (AvgIpc) is 3.32. The van der Waals surface area contributed by atoms with E-state index in [-0.39, 0.29) is 0 Å². The molecule has 7 heteroatoms. The minimum absolute atomic E-state index is 0.369. The molecule has 1 aromatic heterocycles. The van der Waals surface area contributed by atoms with E-state index in [0.717, 1.165) is 52.2 Å². The zero-order valence-electron chi connectivity index (χ0n) is 26.9. The molecule has 234 valence electrons. The standard InChI is InChI=1S/C38H43ClN2O3Si/c1-6-11-28-16-18-29(19-17-28)30-20-22-31(23-21-30)37-36(40-38(42)44-27(2)32-12-7-9-14-34(32)39)33-13-8-10-15-35(33)41(37)26-43-24-25-45(3,4)5/h7-10,12-23,27H,6,11,24-26H2,1-5H3,(H,40,42)/t27-/m1/s1. The number of nitrogens with one attached hydrogen (secondary N) is 1. The Hall–Kier alpha value is -3.84. The largest absolute Gasteiger partial charge is 0.441 e. The smallest absolute Gasteiger partial charge is 0.412 e. The summed E-state index contributed by atoms with van der Waals surface area (Å²) < 4.78 is 14.3. The maximum atomic E-state index is 13.4. The average molecular weight is 639 g/mol. The highest BCUT2D eigenvalue weighted by Gasteiger charge is 2.23. The first-order valence-corrected chi connectivity index (χ1v) is 19.8. The van der Waals surface area contributed by atoms with Crippen molar-refractivity contribution in [1.82, 2.24) is 4.57 Å². The van der Waals surface area contributed by atoms with Gasteiger partial charge in [0, 0.05) is 36.2 Å². The summed E-state index contributed by atoms with van der Waals surface area (Å²) in [7, 11) is -1.26. The summed E-state index contributed by atoms with van der Waals surface area (Å²) in [5, 5.41) is 4.57. The first-order chi connectivity index (χ1) is 21.6. The van der Waals surface area contributed by atoms with Crippen LogP contribution in [0.5, 0.6) is 0 Å². The van der Waals surface area contributed by atoms with Crippen molar-refractivity contribution >= 4 is 42.4 Å². The van der Waals surface area contributed by atoms with Crippen LogP contribution in [0.3, 0.4) is 0 Å². The molecule has 0 spiro atoms. The molecule has 5 nitrogen and oxygen atoms in total. The van der Waals surface area contributed by atoms with Crippen LogP contribution in [0.4, 0.5) is 10.5 Å². The van der Waals surface area contributed by atoms with Crippen LogP contribution in [0.1, 0.15) is 37.5 Å². The molecule has 1 amide bonds. The van der Waals surface area contributed by atoms with Gasteiger partial charge < -0.3 is 14.0 Å². The molecule has 0 fully saturated rings. The minimum Gasteiger partial charge on any atom is -0.441 e. The van der Waals surface area contributed by atoms with Gasteiger partial charge in [-0.15, -0.1) is 0 Å². The first kappa shape index (κ1) is 32.5. The van der Waals surface area contributed by atoms with Crippen molar-refractivity contribution in [2.75, 3.05) is 11.9 Å². The summed E-state index contributed by atoms with van der Waals surface area (Å²) in [4.78, 5) is 13.4. The second kappa shape index (κ2) is 14.5. The van der Waals surface area contributed by atoms with Crippen molar-refractivity contribution in [1.29, 1.82) is 0 Å². The van der Waals surface area contributed by atoms with Gasteiger partial charge in [0.25, 0.3) is 0 Å². The SMILES string of the molecule is CCCc1ccc(-c2ccc(-c3c(NC(=O)O[C@H](C)c4ccccc4Cl)c4ccccc4n3COCC[Si](C)(C)C)cc2)cc1. The molecule has 0 unspecified atom stereocenters. The van der Waals surface area contributed by atoms with Gasteiger partial charge in [-0.1, -0.05) is 130 Å². The van der Waals surface area contributed by atoms with E-state index in [1.165, 1.54) is 11.1 Å². The van der Waals surface area contributed by atoms with Gasteiger partial charge in [-0.05, 0) is 48.2 Å². The summed E-state index contributed by atoms with van der Waals surface area (Å²) in [5.74, 6) is 0. The van der Waals surface area contributed by atoms with Gasteiger partial charge >= 0.3 is 6.09 Å². The van der Waals surface area contributed by atoms with E-state index in [2.05, 4.69) is 91.0 Å². The molecule has 5 rings (SSSR count). The summed E-state index contributed by atoms with van der Waals surface area (Å²) in [6.45, 7) is 12.1. The van der Waals surface area contributed by atoms with Crippen molar-refractivity contribution in [2.45, 2.75) is 65.2 Å². The fraction of sp³-hybridized carbons (Fsp3) is 0.289. The molecule has 45 heavy (non-hydrogen) atoms. The Morgan fingerprint density at radius 1 is 0.867 bits per heavy atom. The number of carbonyl (C=O) groups excluding carboxylic acids is 1. The molecule has 0 radical (unpaired) electrons. The van der Waals surface area contributed by atoms with Gasteiger partial charge in [-0.25, -0.2) is 4.79 Å². The molecule has 1 N–H and O–H groups in total. The zero-order valence-corrected chi connectivity index (χ0v) is 28.7. The number of amides is 1. The van der Waals surface area contributed by atoms with Crippen LogP contribution in [0.25, 0.3) is 33.3 Å². The second-order valence-electron chi connectivity index (χ2n) is 12.7. The third-order valence-electron chi connectivity index (χ3n) is 8.03. The molecule has 0 aliphatic rings. The molecule has 0 saturated heterocycles. The van der Waals surface area contributed by atoms with Crippen molar-refractivity contribution in [3.8, 4) is 22.4 Å². The highest BCUT2D eigenvalue weighted by atomic mass is 35.5. The lowest BCUT2D eigenvalue weighted by atomic mass is 10.00. The molecule has 4 aromatic carbocycles. The Labute approximate surface area is 273 Å². The fourth-order valence-corrected chi connectivity index (χ4v) is 6.58. The van der Waals surface area contributed by atoms with Crippen LogP contribution in [-0.2, 0) is 22.6 Å². The molecule has 1 atom stereocenters. The Bertz CT molecular complexity index is 1740. The Kier molecular flexibility index (Phi) is 10.5.